The molecule has 0 unspecified atom stereocenters. The first-order valence-electron chi connectivity index (χ1n) is 9.44. The summed E-state index contributed by atoms with van der Waals surface area (Å²) in [5, 5.41) is 1.99. The molecule has 6 heteroatoms. The van der Waals surface area contributed by atoms with Gasteiger partial charge in [-0.25, -0.2) is 9.97 Å². The van der Waals surface area contributed by atoms with Crippen molar-refractivity contribution in [3.8, 4) is 10.6 Å². The molecule has 2 heterocycles. The van der Waals surface area contributed by atoms with E-state index in [-0.39, 0.29) is 19.0 Å². The minimum Gasteiger partial charge on any atom is -0.461 e. The van der Waals surface area contributed by atoms with Crippen LogP contribution in [0, 0.1) is 27.7 Å². The number of aromatic nitrogens is 2. The van der Waals surface area contributed by atoms with Crippen molar-refractivity contribution in [3.63, 3.8) is 0 Å². The zero-order valence-corrected chi connectivity index (χ0v) is 18.5. The van der Waals surface area contributed by atoms with Gasteiger partial charge in [-0.05, 0) is 51.0 Å². The van der Waals surface area contributed by atoms with Crippen LogP contribution in [-0.2, 0) is 22.6 Å². The highest BCUT2D eigenvalue weighted by Crippen LogP contribution is 2.31. The minimum absolute atomic E-state index is 0.238. The van der Waals surface area contributed by atoms with E-state index < -0.39 is 0 Å². The predicted molar refractivity (Wildman–Crippen MR) is 120 cm³/mol. The number of hydrogen-bond acceptors (Lipinski definition) is 6. The van der Waals surface area contributed by atoms with Gasteiger partial charge in [0.1, 0.15) is 11.6 Å². The molecule has 148 valence electrons. The average Bonchev–Trinajstić information content (AvgIpc) is 3.21. The topological polar surface area (TPSA) is 52.1 Å². The van der Waals surface area contributed by atoms with E-state index in [1.54, 1.807) is 22.7 Å². The molecule has 0 amide bonds. The minimum atomic E-state index is -0.238. The van der Waals surface area contributed by atoms with Crippen LogP contribution in [-0.4, -0.2) is 15.9 Å². The molecule has 2 aromatic carbocycles. The van der Waals surface area contributed by atoms with Crippen LogP contribution in [0.2, 0.25) is 0 Å². The maximum Gasteiger partial charge on any atom is 0.311 e. The van der Waals surface area contributed by atoms with Crippen molar-refractivity contribution in [2.75, 3.05) is 0 Å². The molecule has 0 atom stereocenters. The maximum atomic E-state index is 12.4. The summed E-state index contributed by atoms with van der Waals surface area (Å²) < 4.78 is 6.66. The summed E-state index contributed by atoms with van der Waals surface area (Å²) in [5.41, 5.74) is 6.34. The van der Waals surface area contributed by atoms with E-state index in [4.69, 9.17) is 4.74 Å². The van der Waals surface area contributed by atoms with Crippen LogP contribution in [0.15, 0.2) is 36.4 Å². The highest BCUT2D eigenvalue weighted by molar-refractivity contribution is 7.18. The molecular weight excluding hydrogens is 400 g/mol. The van der Waals surface area contributed by atoms with Gasteiger partial charge in [-0.15, -0.1) is 22.7 Å². The van der Waals surface area contributed by atoms with Crippen molar-refractivity contribution in [1.29, 1.82) is 0 Å². The van der Waals surface area contributed by atoms with E-state index in [1.807, 2.05) is 32.0 Å². The summed E-state index contributed by atoms with van der Waals surface area (Å²) in [4.78, 5) is 22.5. The van der Waals surface area contributed by atoms with Gasteiger partial charge in [0.25, 0.3) is 0 Å². The van der Waals surface area contributed by atoms with Crippen molar-refractivity contribution in [2.45, 2.75) is 40.7 Å². The van der Waals surface area contributed by atoms with Crippen molar-refractivity contribution >= 4 is 38.9 Å². The van der Waals surface area contributed by atoms with Crippen LogP contribution < -0.4 is 0 Å². The van der Waals surface area contributed by atoms with Gasteiger partial charge < -0.3 is 4.74 Å². The Bertz CT molecular complexity index is 1210. The number of esters is 1. The Morgan fingerprint density at radius 1 is 1.00 bits per heavy atom. The smallest absolute Gasteiger partial charge is 0.311 e. The van der Waals surface area contributed by atoms with Crippen molar-refractivity contribution < 1.29 is 9.53 Å². The van der Waals surface area contributed by atoms with E-state index in [1.165, 1.54) is 11.1 Å². The molecule has 29 heavy (non-hydrogen) atoms. The van der Waals surface area contributed by atoms with E-state index in [9.17, 15) is 4.79 Å². The lowest BCUT2D eigenvalue weighted by molar-refractivity contribution is -0.144. The molecule has 0 aliphatic heterocycles. The summed E-state index contributed by atoms with van der Waals surface area (Å²) >= 11 is 3.23. The first kappa shape index (κ1) is 19.7. The molecule has 0 aliphatic rings. The van der Waals surface area contributed by atoms with Gasteiger partial charge in [0.05, 0.1) is 27.3 Å². The van der Waals surface area contributed by atoms with Crippen LogP contribution in [0.1, 0.15) is 32.3 Å². The van der Waals surface area contributed by atoms with Gasteiger partial charge in [-0.2, -0.15) is 0 Å². The lowest BCUT2D eigenvalue weighted by Crippen LogP contribution is -2.07. The molecule has 0 aliphatic carbocycles. The molecule has 0 saturated heterocycles. The highest BCUT2D eigenvalue weighted by atomic mass is 32.1. The Morgan fingerprint density at radius 2 is 1.83 bits per heavy atom. The Kier molecular flexibility index (Phi) is 5.48. The third-order valence-electron chi connectivity index (χ3n) is 4.77. The number of benzene rings is 2. The number of hydrogen-bond donors (Lipinski definition) is 0. The lowest BCUT2D eigenvalue weighted by atomic mass is 10.1. The molecule has 0 radical (unpaired) electrons. The standard InChI is InChI=1S/C23H22N2O2S2/c1-13-5-7-18(14(2)9-13)23-24-15(3)21(29-23)11-22(26)27-12-17-6-8-20-19(10-17)25-16(4)28-20/h5-10H,11-12H2,1-4H3. The summed E-state index contributed by atoms with van der Waals surface area (Å²) in [6.45, 7) is 8.37. The second-order valence-corrected chi connectivity index (χ2v) is 9.54. The fourth-order valence-corrected chi connectivity index (χ4v) is 5.23. The van der Waals surface area contributed by atoms with Gasteiger partial charge >= 0.3 is 5.97 Å². The Hall–Kier alpha value is -2.57. The number of aryl methyl sites for hydroxylation is 4. The third-order valence-corrected chi connectivity index (χ3v) is 6.91. The molecular formula is C23H22N2O2S2. The maximum absolute atomic E-state index is 12.4. The molecule has 0 bridgehead atoms. The zero-order valence-electron chi connectivity index (χ0n) is 16.9. The van der Waals surface area contributed by atoms with Gasteiger partial charge in [-0.3, -0.25) is 4.79 Å². The average molecular weight is 423 g/mol. The SMILES string of the molecule is Cc1ccc(-c2nc(C)c(CC(=O)OCc3ccc4sc(C)nc4c3)s2)c(C)c1. The zero-order chi connectivity index (χ0) is 20.5. The molecule has 0 saturated carbocycles. The van der Waals surface area contributed by atoms with Gasteiger partial charge in [0.2, 0.25) is 0 Å². The second-order valence-electron chi connectivity index (χ2n) is 7.22. The quantitative estimate of drug-likeness (QED) is 0.374. The predicted octanol–water partition coefficient (Wildman–Crippen LogP) is 5.94. The summed E-state index contributed by atoms with van der Waals surface area (Å²) in [7, 11) is 0. The number of nitrogens with zero attached hydrogens (tertiary/aromatic N) is 2. The van der Waals surface area contributed by atoms with Crippen molar-refractivity contribution in [1.82, 2.24) is 9.97 Å². The van der Waals surface area contributed by atoms with Crippen LogP contribution in [0.4, 0.5) is 0 Å². The van der Waals surface area contributed by atoms with Crippen LogP contribution in [0.25, 0.3) is 20.8 Å². The molecule has 2 aromatic heterocycles. The number of ether oxygens (including phenoxy) is 1. The molecule has 0 fully saturated rings. The van der Waals surface area contributed by atoms with Crippen molar-refractivity contribution in [2.24, 2.45) is 0 Å². The number of carbonyl (C=O) groups excluding carboxylic acids is 1. The summed E-state index contributed by atoms with van der Waals surface area (Å²) in [6.07, 6.45) is 0.243. The first-order valence-corrected chi connectivity index (χ1v) is 11.1. The van der Waals surface area contributed by atoms with E-state index >= 15 is 0 Å². The van der Waals surface area contributed by atoms with Crippen molar-refractivity contribution in [3.05, 3.63) is 68.7 Å². The largest absolute Gasteiger partial charge is 0.461 e. The van der Waals surface area contributed by atoms with E-state index in [2.05, 4.69) is 42.0 Å². The molecule has 4 aromatic rings. The second kappa shape index (κ2) is 8.05. The highest BCUT2D eigenvalue weighted by Gasteiger charge is 2.15. The van der Waals surface area contributed by atoms with Crippen LogP contribution in [0.3, 0.4) is 0 Å². The Labute approximate surface area is 178 Å². The van der Waals surface area contributed by atoms with Crippen LogP contribution in [0.5, 0.6) is 0 Å². The summed E-state index contributed by atoms with van der Waals surface area (Å²) in [5.74, 6) is -0.238. The number of carbonyl (C=O) groups is 1. The number of rotatable bonds is 5. The van der Waals surface area contributed by atoms with Gasteiger partial charge in [-0.1, -0.05) is 29.8 Å². The van der Waals surface area contributed by atoms with E-state index in [0.29, 0.717) is 0 Å². The van der Waals surface area contributed by atoms with Gasteiger partial charge in [0.15, 0.2) is 0 Å². The fourth-order valence-electron chi connectivity index (χ4n) is 3.28. The number of fused-ring (bicyclic) bond motifs is 1. The normalized spacial score (nSPS) is 11.2. The lowest BCUT2D eigenvalue weighted by Gasteiger charge is -2.05. The molecule has 0 spiro atoms. The number of thiazole rings is 2. The molecule has 0 N–H and O–H groups in total. The molecule has 4 nitrogen and oxygen atoms in total. The summed E-state index contributed by atoms with van der Waals surface area (Å²) in [6, 6.07) is 12.4. The third kappa shape index (κ3) is 4.38. The Morgan fingerprint density at radius 3 is 2.62 bits per heavy atom. The Balaban J connectivity index is 1.43. The molecule has 4 rings (SSSR count). The van der Waals surface area contributed by atoms with Gasteiger partial charge in [0, 0.05) is 10.4 Å². The fraction of sp³-hybridized carbons (Fsp3) is 0.261. The van der Waals surface area contributed by atoms with Crippen LogP contribution >= 0.6 is 22.7 Å². The van der Waals surface area contributed by atoms with E-state index in [0.717, 1.165) is 41.9 Å². The first-order chi connectivity index (χ1) is 13.9. The monoisotopic (exact) mass is 422 g/mol.